The number of carboxylic acid groups (broad SMARTS) is 1. The van der Waals surface area contributed by atoms with Crippen molar-refractivity contribution < 1.29 is 14.7 Å². The molecule has 0 heterocycles. The Kier molecular flexibility index (Phi) is 4.74. The Morgan fingerprint density at radius 3 is 2.13 bits per heavy atom. The molecule has 0 spiro atoms. The highest BCUT2D eigenvalue weighted by Crippen LogP contribution is 2.07. The molecule has 0 aliphatic heterocycles. The lowest BCUT2D eigenvalue weighted by Gasteiger charge is -2.29. The lowest BCUT2D eigenvalue weighted by Crippen LogP contribution is -2.53. The maximum atomic E-state index is 11.8. The quantitative estimate of drug-likeness (QED) is 0.692. The second-order valence-corrected chi connectivity index (χ2v) is 4.69. The van der Waals surface area contributed by atoms with E-state index in [2.05, 4.69) is 0 Å². The Morgan fingerprint density at radius 1 is 1.40 bits per heavy atom. The molecule has 0 unspecified atom stereocenters. The average Bonchev–Trinajstić information content (AvgIpc) is 1.98. The summed E-state index contributed by atoms with van der Waals surface area (Å²) in [5, 5.41) is 8.68. The smallest absolute Gasteiger partial charge is 0.323 e. The van der Waals surface area contributed by atoms with E-state index in [1.165, 1.54) is 4.90 Å². The van der Waals surface area contributed by atoms with Crippen molar-refractivity contribution in [3.05, 3.63) is 0 Å². The van der Waals surface area contributed by atoms with Crippen molar-refractivity contribution in [3.63, 3.8) is 0 Å². The minimum Gasteiger partial charge on any atom is -0.480 e. The molecule has 0 saturated heterocycles. The molecule has 88 valence electrons. The van der Waals surface area contributed by atoms with Crippen LogP contribution in [0.3, 0.4) is 0 Å². The van der Waals surface area contributed by atoms with Crippen molar-refractivity contribution in [2.45, 2.75) is 33.2 Å². The molecule has 5 heteroatoms. The van der Waals surface area contributed by atoms with Gasteiger partial charge in [0.2, 0.25) is 5.91 Å². The Hall–Kier alpha value is -1.10. The topological polar surface area (TPSA) is 83.6 Å². The summed E-state index contributed by atoms with van der Waals surface area (Å²) in [5.74, 6) is -1.14. The fourth-order valence-electron chi connectivity index (χ4n) is 1.23. The fourth-order valence-corrected chi connectivity index (χ4v) is 1.23. The van der Waals surface area contributed by atoms with Gasteiger partial charge in [-0.25, -0.2) is 0 Å². The van der Waals surface area contributed by atoms with Crippen LogP contribution >= 0.6 is 0 Å². The number of rotatable bonds is 5. The van der Waals surface area contributed by atoms with Gasteiger partial charge in [0.15, 0.2) is 0 Å². The molecule has 0 radical (unpaired) electrons. The molecule has 0 aliphatic carbocycles. The van der Waals surface area contributed by atoms with Gasteiger partial charge in [0.05, 0.1) is 5.54 Å². The summed E-state index contributed by atoms with van der Waals surface area (Å²) in [4.78, 5) is 23.6. The summed E-state index contributed by atoms with van der Waals surface area (Å²) in [6.45, 7) is 7.11. The Labute approximate surface area is 90.2 Å². The number of hydrogen-bond acceptors (Lipinski definition) is 3. The summed E-state index contributed by atoms with van der Waals surface area (Å²) < 4.78 is 0. The first-order chi connectivity index (χ1) is 6.64. The van der Waals surface area contributed by atoms with Crippen molar-refractivity contribution in [3.8, 4) is 0 Å². The molecule has 0 bridgehead atoms. The third kappa shape index (κ3) is 5.37. The Morgan fingerprint density at radius 2 is 1.87 bits per heavy atom. The fraction of sp³-hybridized carbons (Fsp3) is 0.800. The van der Waals surface area contributed by atoms with Gasteiger partial charge >= 0.3 is 5.97 Å². The largest absolute Gasteiger partial charge is 0.480 e. The van der Waals surface area contributed by atoms with Crippen molar-refractivity contribution in [2.75, 3.05) is 13.1 Å². The Bertz CT molecular complexity index is 244. The Balaban J connectivity index is 4.62. The second kappa shape index (κ2) is 5.11. The number of nitrogens with zero attached hydrogens (tertiary/aromatic N) is 1. The number of carboxylic acids is 1. The number of nitrogens with two attached hydrogens (primary N) is 1. The van der Waals surface area contributed by atoms with Crippen LogP contribution in [0.1, 0.15) is 27.7 Å². The van der Waals surface area contributed by atoms with E-state index in [0.29, 0.717) is 6.54 Å². The number of carbonyl (C=O) groups excluding carboxylic acids is 1. The van der Waals surface area contributed by atoms with Crippen molar-refractivity contribution >= 4 is 11.9 Å². The van der Waals surface area contributed by atoms with E-state index < -0.39 is 11.5 Å². The van der Waals surface area contributed by atoms with Crippen LogP contribution in [0.25, 0.3) is 0 Å². The minimum absolute atomic E-state index is 0.218. The van der Waals surface area contributed by atoms with E-state index in [9.17, 15) is 9.59 Å². The third-order valence-corrected chi connectivity index (χ3v) is 1.75. The molecule has 0 saturated carbocycles. The summed E-state index contributed by atoms with van der Waals surface area (Å²) >= 11 is 0. The van der Waals surface area contributed by atoms with Crippen LogP contribution in [0.4, 0.5) is 0 Å². The van der Waals surface area contributed by atoms with Crippen LogP contribution in [-0.2, 0) is 9.59 Å². The van der Waals surface area contributed by atoms with Gasteiger partial charge in [0.1, 0.15) is 6.54 Å². The summed E-state index contributed by atoms with van der Waals surface area (Å²) in [5.41, 5.74) is 4.62. The lowest BCUT2D eigenvalue weighted by atomic mass is 10.0. The molecule has 3 N–H and O–H groups in total. The number of hydrogen-bond donors (Lipinski definition) is 2. The molecule has 0 aliphatic rings. The monoisotopic (exact) mass is 216 g/mol. The van der Waals surface area contributed by atoms with Crippen molar-refractivity contribution in [2.24, 2.45) is 11.7 Å². The SMILES string of the molecule is CC(C)CN(CC(=O)O)C(=O)C(C)(C)N. The van der Waals surface area contributed by atoms with Crippen LogP contribution in [0.15, 0.2) is 0 Å². The van der Waals surface area contributed by atoms with Crippen LogP contribution in [-0.4, -0.2) is 40.5 Å². The standard InChI is InChI=1S/C10H20N2O3/c1-7(2)5-12(6-8(13)14)9(15)10(3,4)11/h7H,5-6,11H2,1-4H3,(H,13,14). The predicted octanol–water partition coefficient (Wildman–Crippen LogP) is 0.293. The summed E-state index contributed by atoms with van der Waals surface area (Å²) in [7, 11) is 0. The van der Waals surface area contributed by atoms with Gasteiger partial charge in [-0.15, -0.1) is 0 Å². The molecule has 0 fully saturated rings. The van der Waals surface area contributed by atoms with E-state index in [-0.39, 0.29) is 18.4 Å². The van der Waals surface area contributed by atoms with Gasteiger partial charge in [0.25, 0.3) is 0 Å². The van der Waals surface area contributed by atoms with E-state index in [1.54, 1.807) is 13.8 Å². The maximum absolute atomic E-state index is 11.8. The number of aliphatic carboxylic acids is 1. The molecule has 0 rings (SSSR count). The molecule has 0 atom stereocenters. The van der Waals surface area contributed by atoms with Gasteiger partial charge in [-0.2, -0.15) is 0 Å². The molecule has 1 amide bonds. The molecular formula is C10H20N2O3. The first kappa shape index (κ1) is 13.9. The highest BCUT2D eigenvalue weighted by molar-refractivity contribution is 5.88. The zero-order chi connectivity index (χ0) is 12.2. The molecule has 0 aromatic rings. The predicted molar refractivity (Wildman–Crippen MR) is 57.3 cm³/mol. The zero-order valence-corrected chi connectivity index (χ0v) is 9.78. The van der Waals surface area contributed by atoms with E-state index in [1.807, 2.05) is 13.8 Å². The number of amides is 1. The van der Waals surface area contributed by atoms with Crippen LogP contribution in [0, 0.1) is 5.92 Å². The van der Waals surface area contributed by atoms with Crippen LogP contribution in [0.2, 0.25) is 0 Å². The van der Waals surface area contributed by atoms with Gasteiger partial charge in [-0.3, -0.25) is 9.59 Å². The average molecular weight is 216 g/mol. The van der Waals surface area contributed by atoms with Crippen LogP contribution in [0.5, 0.6) is 0 Å². The normalized spacial score (nSPS) is 11.6. The van der Waals surface area contributed by atoms with E-state index in [0.717, 1.165) is 0 Å². The van der Waals surface area contributed by atoms with Gasteiger partial charge in [-0.05, 0) is 19.8 Å². The maximum Gasteiger partial charge on any atom is 0.323 e. The summed E-state index contributed by atoms with van der Waals surface area (Å²) in [6.07, 6.45) is 0. The highest BCUT2D eigenvalue weighted by Gasteiger charge is 2.29. The van der Waals surface area contributed by atoms with E-state index >= 15 is 0 Å². The first-order valence-corrected chi connectivity index (χ1v) is 4.94. The highest BCUT2D eigenvalue weighted by atomic mass is 16.4. The van der Waals surface area contributed by atoms with Crippen LogP contribution < -0.4 is 5.73 Å². The minimum atomic E-state index is -1.02. The van der Waals surface area contributed by atoms with Gasteiger partial charge < -0.3 is 15.7 Å². The second-order valence-electron chi connectivity index (χ2n) is 4.69. The van der Waals surface area contributed by atoms with Crippen molar-refractivity contribution in [1.29, 1.82) is 0 Å². The van der Waals surface area contributed by atoms with Gasteiger partial charge in [0, 0.05) is 6.54 Å². The molecule has 0 aromatic carbocycles. The van der Waals surface area contributed by atoms with Crippen molar-refractivity contribution in [1.82, 2.24) is 4.90 Å². The van der Waals surface area contributed by atoms with Gasteiger partial charge in [-0.1, -0.05) is 13.8 Å². The summed E-state index contributed by atoms with van der Waals surface area (Å²) in [6, 6.07) is 0. The number of carbonyl (C=O) groups is 2. The molecule has 5 nitrogen and oxygen atoms in total. The third-order valence-electron chi connectivity index (χ3n) is 1.75. The van der Waals surface area contributed by atoms with E-state index in [4.69, 9.17) is 10.8 Å². The zero-order valence-electron chi connectivity index (χ0n) is 9.78. The molecule has 0 aromatic heterocycles. The molecular weight excluding hydrogens is 196 g/mol. The molecule has 15 heavy (non-hydrogen) atoms. The first-order valence-electron chi connectivity index (χ1n) is 4.94. The lowest BCUT2D eigenvalue weighted by molar-refractivity contribution is -0.146.